The Labute approximate surface area is 181 Å². The summed E-state index contributed by atoms with van der Waals surface area (Å²) in [5.74, 6) is 0.414. The van der Waals surface area contributed by atoms with E-state index in [9.17, 15) is 18.3 Å². The lowest BCUT2D eigenvalue weighted by molar-refractivity contribution is 0.0584. The lowest BCUT2D eigenvalue weighted by Gasteiger charge is -2.38. The molecule has 0 saturated carbocycles. The number of phenols is 1. The number of nitrogens with zero attached hydrogens (tertiary/aromatic N) is 2. The fraction of sp³-hybridized carbons (Fsp3) is 0.696. The lowest BCUT2D eigenvalue weighted by Crippen LogP contribution is -2.52. The molecule has 2 saturated heterocycles. The molecule has 6 nitrogen and oxygen atoms in total. The first-order chi connectivity index (χ1) is 13.7. The van der Waals surface area contributed by atoms with Crippen molar-refractivity contribution in [3.05, 3.63) is 28.8 Å². The topological polar surface area (TPSA) is 77.9 Å². The minimum absolute atomic E-state index is 0.0670. The van der Waals surface area contributed by atoms with E-state index in [0.29, 0.717) is 38.2 Å². The van der Waals surface area contributed by atoms with Crippen LogP contribution in [-0.2, 0) is 20.7 Å². The molecule has 1 amide bonds. The van der Waals surface area contributed by atoms with Gasteiger partial charge in [0.05, 0.1) is 17.1 Å². The maximum absolute atomic E-state index is 13.4. The van der Waals surface area contributed by atoms with Crippen molar-refractivity contribution in [2.45, 2.75) is 64.8 Å². The maximum Gasteiger partial charge on any atom is 0.257 e. The molecule has 0 aromatic heterocycles. The highest BCUT2D eigenvalue weighted by atomic mass is 32.2. The van der Waals surface area contributed by atoms with E-state index >= 15 is 0 Å². The van der Waals surface area contributed by atoms with Crippen LogP contribution in [0.3, 0.4) is 0 Å². The number of rotatable bonds is 2. The Kier molecular flexibility index (Phi) is 6.02. The highest BCUT2D eigenvalue weighted by Gasteiger charge is 2.35. The molecule has 1 unspecified atom stereocenters. The van der Waals surface area contributed by atoms with E-state index in [0.717, 1.165) is 11.1 Å². The molecule has 0 bridgehead atoms. The number of sulfone groups is 1. The quantitative estimate of drug-likeness (QED) is 0.771. The van der Waals surface area contributed by atoms with Gasteiger partial charge in [0.25, 0.3) is 5.91 Å². The smallest absolute Gasteiger partial charge is 0.257 e. The fourth-order valence-corrected chi connectivity index (χ4v) is 6.09. The molecular formula is C23H36N2O4S. The Bertz CT molecular complexity index is 918. The van der Waals surface area contributed by atoms with Gasteiger partial charge in [-0.15, -0.1) is 0 Å². The predicted molar refractivity (Wildman–Crippen MR) is 120 cm³/mol. The standard InChI is InChI=1S/C23H36N2O4S/c1-22(2,3)16-13-18(20(26)19(14-16)23(4,5)6)21(27)25-10-8-24(9-11-25)17-7-12-30(28,29)15-17/h13-14,17,26H,7-12,15H2,1-6H3. The normalized spacial score (nSPS) is 23.0. The highest BCUT2D eigenvalue weighted by Crippen LogP contribution is 2.38. The van der Waals surface area contributed by atoms with Crippen LogP contribution in [0, 0.1) is 0 Å². The Morgan fingerprint density at radius 2 is 1.60 bits per heavy atom. The molecule has 2 aliphatic rings. The van der Waals surface area contributed by atoms with Gasteiger partial charge in [-0.3, -0.25) is 9.69 Å². The monoisotopic (exact) mass is 436 g/mol. The molecule has 7 heteroatoms. The highest BCUT2D eigenvalue weighted by molar-refractivity contribution is 7.91. The first kappa shape index (κ1) is 23.1. The van der Waals surface area contributed by atoms with Crippen LogP contribution in [0.4, 0.5) is 0 Å². The van der Waals surface area contributed by atoms with Crippen molar-refractivity contribution < 1.29 is 18.3 Å². The molecule has 30 heavy (non-hydrogen) atoms. The molecular weight excluding hydrogens is 400 g/mol. The van der Waals surface area contributed by atoms with Gasteiger partial charge in [0.15, 0.2) is 9.84 Å². The molecule has 3 rings (SSSR count). The minimum atomic E-state index is -2.92. The first-order valence-corrected chi connectivity index (χ1v) is 12.6. The van der Waals surface area contributed by atoms with Crippen molar-refractivity contribution in [2.75, 3.05) is 37.7 Å². The third-order valence-corrected chi connectivity index (χ3v) is 8.09. The summed E-state index contributed by atoms with van der Waals surface area (Å²) in [4.78, 5) is 17.3. The van der Waals surface area contributed by atoms with Crippen LogP contribution >= 0.6 is 0 Å². The van der Waals surface area contributed by atoms with Crippen molar-refractivity contribution in [1.82, 2.24) is 9.80 Å². The van der Waals surface area contributed by atoms with Crippen molar-refractivity contribution in [3.8, 4) is 5.75 Å². The minimum Gasteiger partial charge on any atom is -0.507 e. The second kappa shape index (κ2) is 7.83. The zero-order valence-electron chi connectivity index (χ0n) is 19.2. The van der Waals surface area contributed by atoms with Gasteiger partial charge in [0, 0.05) is 37.8 Å². The number of amides is 1. The summed E-state index contributed by atoms with van der Waals surface area (Å²) >= 11 is 0. The second-order valence-electron chi connectivity index (χ2n) is 10.8. The van der Waals surface area contributed by atoms with Crippen LogP contribution in [0.25, 0.3) is 0 Å². The van der Waals surface area contributed by atoms with Gasteiger partial charge in [-0.2, -0.15) is 0 Å². The van der Waals surface area contributed by atoms with E-state index in [1.165, 1.54) is 0 Å². The van der Waals surface area contributed by atoms with Gasteiger partial charge in [0.1, 0.15) is 5.75 Å². The van der Waals surface area contributed by atoms with Gasteiger partial charge >= 0.3 is 0 Å². The van der Waals surface area contributed by atoms with E-state index < -0.39 is 9.84 Å². The summed E-state index contributed by atoms with van der Waals surface area (Å²) in [7, 11) is -2.92. The molecule has 0 aliphatic carbocycles. The summed E-state index contributed by atoms with van der Waals surface area (Å²) in [6, 6.07) is 3.92. The van der Waals surface area contributed by atoms with Gasteiger partial charge in [-0.25, -0.2) is 8.42 Å². The van der Waals surface area contributed by atoms with E-state index in [-0.39, 0.29) is 40.0 Å². The van der Waals surface area contributed by atoms with Crippen LogP contribution < -0.4 is 0 Å². The van der Waals surface area contributed by atoms with Crippen LogP contribution in [-0.4, -0.2) is 73.0 Å². The number of carbonyl (C=O) groups excluding carboxylic acids is 1. The number of aromatic hydroxyl groups is 1. The molecule has 2 heterocycles. The summed E-state index contributed by atoms with van der Waals surface area (Å²) in [6.45, 7) is 14.8. The van der Waals surface area contributed by atoms with Crippen molar-refractivity contribution in [1.29, 1.82) is 0 Å². The van der Waals surface area contributed by atoms with E-state index in [4.69, 9.17) is 0 Å². The number of benzene rings is 1. The zero-order valence-corrected chi connectivity index (χ0v) is 20.0. The van der Waals surface area contributed by atoms with E-state index in [1.807, 2.05) is 32.9 Å². The number of hydrogen-bond donors (Lipinski definition) is 1. The van der Waals surface area contributed by atoms with Crippen LogP contribution in [0.1, 0.15) is 69.4 Å². The molecule has 2 fully saturated rings. The SMILES string of the molecule is CC(C)(C)c1cc(C(=O)N2CCN(C3CCS(=O)(=O)C3)CC2)c(O)c(C(C)(C)C)c1. The zero-order chi connectivity index (χ0) is 22.5. The molecule has 168 valence electrons. The molecule has 1 aromatic rings. The molecule has 1 atom stereocenters. The third-order valence-electron chi connectivity index (χ3n) is 6.34. The maximum atomic E-state index is 13.4. The Hall–Kier alpha value is -1.60. The summed E-state index contributed by atoms with van der Waals surface area (Å²) < 4.78 is 23.6. The summed E-state index contributed by atoms with van der Waals surface area (Å²) in [5.41, 5.74) is 1.75. The van der Waals surface area contributed by atoms with Crippen LogP contribution in [0.15, 0.2) is 12.1 Å². The first-order valence-electron chi connectivity index (χ1n) is 10.8. The molecule has 0 spiro atoms. The molecule has 0 radical (unpaired) electrons. The van der Waals surface area contributed by atoms with Crippen LogP contribution in [0.2, 0.25) is 0 Å². The average molecular weight is 437 g/mol. The van der Waals surface area contributed by atoms with Crippen molar-refractivity contribution in [3.63, 3.8) is 0 Å². The molecule has 1 aromatic carbocycles. The molecule has 1 N–H and O–H groups in total. The lowest BCUT2D eigenvalue weighted by atomic mass is 9.78. The average Bonchev–Trinajstić information content (AvgIpc) is 2.99. The number of piperazine rings is 1. The Balaban J connectivity index is 1.82. The Morgan fingerprint density at radius 3 is 2.07 bits per heavy atom. The molecule has 2 aliphatic heterocycles. The predicted octanol–water partition coefficient (Wildman–Crippen LogP) is 2.93. The number of carbonyl (C=O) groups is 1. The summed E-state index contributed by atoms with van der Waals surface area (Å²) in [5, 5.41) is 11.0. The van der Waals surface area contributed by atoms with Crippen molar-refractivity contribution >= 4 is 15.7 Å². The van der Waals surface area contributed by atoms with Gasteiger partial charge in [-0.05, 0) is 28.9 Å². The van der Waals surface area contributed by atoms with E-state index in [2.05, 4.69) is 25.7 Å². The van der Waals surface area contributed by atoms with Crippen molar-refractivity contribution in [2.24, 2.45) is 0 Å². The fourth-order valence-electron chi connectivity index (χ4n) is 4.33. The van der Waals surface area contributed by atoms with Crippen LogP contribution in [0.5, 0.6) is 5.75 Å². The summed E-state index contributed by atoms with van der Waals surface area (Å²) in [6.07, 6.45) is 0.680. The number of phenolic OH excluding ortho intramolecular Hbond substituents is 1. The van der Waals surface area contributed by atoms with Gasteiger partial charge < -0.3 is 10.0 Å². The Morgan fingerprint density at radius 1 is 1.00 bits per heavy atom. The van der Waals surface area contributed by atoms with E-state index in [1.54, 1.807) is 4.90 Å². The number of hydrogen-bond acceptors (Lipinski definition) is 5. The third kappa shape index (κ3) is 4.83. The van der Waals surface area contributed by atoms with Gasteiger partial charge in [-0.1, -0.05) is 47.6 Å². The largest absolute Gasteiger partial charge is 0.507 e. The second-order valence-corrected chi connectivity index (χ2v) is 13.0. The van der Waals surface area contributed by atoms with Gasteiger partial charge in [0.2, 0.25) is 0 Å².